The van der Waals surface area contributed by atoms with E-state index >= 15 is 0 Å². The first-order chi connectivity index (χ1) is 10.5. The van der Waals surface area contributed by atoms with Crippen molar-refractivity contribution in [3.05, 3.63) is 0 Å². The van der Waals surface area contributed by atoms with Crippen molar-refractivity contribution in [2.24, 2.45) is 0 Å². The van der Waals surface area contributed by atoms with E-state index in [-0.39, 0.29) is 5.91 Å². The van der Waals surface area contributed by atoms with Gasteiger partial charge in [-0.2, -0.15) is 0 Å². The van der Waals surface area contributed by atoms with Crippen LogP contribution in [0.4, 0.5) is 9.59 Å². The first-order valence-electron chi connectivity index (χ1n) is 7.70. The van der Waals surface area contributed by atoms with Crippen LogP contribution in [0.25, 0.3) is 0 Å². The number of urea groups is 2. The Kier molecular flexibility index (Phi) is 4.99. The molecule has 1 heterocycles. The average Bonchev–Trinajstić information content (AvgIpc) is 2.70. The van der Waals surface area contributed by atoms with Crippen LogP contribution >= 0.6 is 0 Å². The highest BCUT2D eigenvalue weighted by Gasteiger charge is 2.51. The summed E-state index contributed by atoms with van der Waals surface area (Å²) in [5.41, 5.74) is -0.847. The number of hydrogen-bond donors (Lipinski definition) is 3. The summed E-state index contributed by atoms with van der Waals surface area (Å²) in [6.45, 7) is 1.90. The molecular weight excluding hydrogens is 288 g/mol. The van der Waals surface area contributed by atoms with Crippen LogP contribution in [-0.2, 0) is 9.59 Å². The van der Waals surface area contributed by atoms with Gasteiger partial charge in [0, 0.05) is 6.54 Å². The third kappa shape index (κ3) is 3.37. The molecule has 0 atom stereocenters. The molecule has 1 aliphatic heterocycles. The maximum absolute atomic E-state index is 12.4. The van der Waals surface area contributed by atoms with E-state index in [9.17, 15) is 19.2 Å². The third-order valence-electron chi connectivity index (χ3n) is 4.04. The van der Waals surface area contributed by atoms with Crippen LogP contribution in [0.3, 0.4) is 0 Å². The number of amides is 6. The zero-order valence-corrected chi connectivity index (χ0v) is 12.7. The number of imide groups is 2. The summed E-state index contributed by atoms with van der Waals surface area (Å²) in [6.07, 6.45) is 4.76. The van der Waals surface area contributed by atoms with Crippen molar-refractivity contribution < 1.29 is 19.2 Å². The fraction of sp³-hybridized carbons (Fsp3) is 0.714. The first-order valence-corrected chi connectivity index (χ1v) is 7.70. The lowest BCUT2D eigenvalue weighted by Gasteiger charge is -2.30. The normalized spacial score (nSPS) is 20.0. The second kappa shape index (κ2) is 6.76. The van der Waals surface area contributed by atoms with E-state index in [1.165, 1.54) is 0 Å². The second-order valence-corrected chi connectivity index (χ2v) is 5.77. The minimum Gasteiger partial charge on any atom is -0.338 e. The quantitative estimate of drug-likeness (QED) is 0.656. The molecule has 8 heteroatoms. The molecule has 0 radical (unpaired) electrons. The Labute approximate surface area is 129 Å². The highest BCUT2D eigenvalue weighted by molar-refractivity contribution is 6.10. The van der Waals surface area contributed by atoms with Gasteiger partial charge in [-0.1, -0.05) is 26.2 Å². The summed E-state index contributed by atoms with van der Waals surface area (Å²) in [6, 6.07) is -1.18. The molecule has 1 aliphatic carbocycles. The summed E-state index contributed by atoms with van der Waals surface area (Å²) in [5, 5.41) is 7.32. The molecule has 2 fully saturated rings. The number of nitrogens with zero attached hydrogens (tertiary/aromatic N) is 1. The van der Waals surface area contributed by atoms with E-state index in [0.717, 1.165) is 30.6 Å². The highest BCUT2D eigenvalue weighted by atomic mass is 16.2. The van der Waals surface area contributed by atoms with Gasteiger partial charge in [0.2, 0.25) is 5.91 Å². The van der Waals surface area contributed by atoms with Crippen molar-refractivity contribution in [3.8, 4) is 0 Å². The van der Waals surface area contributed by atoms with Gasteiger partial charge in [-0.05, 0) is 19.3 Å². The summed E-state index contributed by atoms with van der Waals surface area (Å²) in [7, 11) is 0. The van der Waals surface area contributed by atoms with E-state index in [0.29, 0.717) is 19.4 Å². The molecule has 3 N–H and O–H groups in total. The minimum atomic E-state index is -0.847. The van der Waals surface area contributed by atoms with Gasteiger partial charge < -0.3 is 10.6 Å². The maximum Gasteiger partial charge on any atom is 0.325 e. The molecule has 2 rings (SSSR count). The number of hydrogen-bond acceptors (Lipinski definition) is 4. The summed E-state index contributed by atoms with van der Waals surface area (Å²) >= 11 is 0. The van der Waals surface area contributed by atoms with Crippen LogP contribution in [0.15, 0.2) is 0 Å². The Morgan fingerprint density at radius 1 is 1.23 bits per heavy atom. The molecule has 122 valence electrons. The van der Waals surface area contributed by atoms with Crippen LogP contribution in [0.1, 0.15) is 45.4 Å². The fourth-order valence-electron chi connectivity index (χ4n) is 2.91. The Balaban J connectivity index is 1.92. The molecule has 0 aromatic carbocycles. The maximum atomic E-state index is 12.4. The SMILES string of the molecule is CCCNC(=O)NC(=O)CN1C(=O)NC2(CCCCC2)C1=O. The van der Waals surface area contributed by atoms with Gasteiger partial charge in [0.1, 0.15) is 12.1 Å². The molecule has 2 aliphatic rings. The molecule has 0 aromatic rings. The fourth-order valence-corrected chi connectivity index (χ4v) is 2.91. The Bertz CT molecular complexity index is 485. The zero-order chi connectivity index (χ0) is 16.2. The van der Waals surface area contributed by atoms with Crippen LogP contribution in [0.2, 0.25) is 0 Å². The monoisotopic (exact) mass is 310 g/mol. The molecule has 1 spiro atoms. The Hall–Kier alpha value is -2.12. The van der Waals surface area contributed by atoms with Crippen LogP contribution < -0.4 is 16.0 Å². The van der Waals surface area contributed by atoms with Crippen LogP contribution in [0.5, 0.6) is 0 Å². The van der Waals surface area contributed by atoms with Gasteiger partial charge in [-0.3, -0.25) is 19.8 Å². The van der Waals surface area contributed by atoms with Crippen molar-refractivity contribution >= 4 is 23.9 Å². The molecule has 0 bridgehead atoms. The molecule has 6 amide bonds. The lowest BCUT2D eigenvalue weighted by molar-refractivity contribution is -0.135. The lowest BCUT2D eigenvalue weighted by Crippen LogP contribution is -2.49. The van der Waals surface area contributed by atoms with Gasteiger partial charge in [0.25, 0.3) is 5.91 Å². The second-order valence-electron chi connectivity index (χ2n) is 5.77. The summed E-state index contributed by atoms with van der Waals surface area (Å²) in [4.78, 5) is 48.5. The Morgan fingerprint density at radius 3 is 2.55 bits per heavy atom. The highest BCUT2D eigenvalue weighted by Crippen LogP contribution is 2.33. The van der Waals surface area contributed by atoms with Crippen LogP contribution in [0, 0.1) is 0 Å². The van der Waals surface area contributed by atoms with E-state index in [1.54, 1.807) is 0 Å². The smallest absolute Gasteiger partial charge is 0.325 e. The van der Waals surface area contributed by atoms with Crippen molar-refractivity contribution in [2.45, 2.75) is 51.0 Å². The average molecular weight is 310 g/mol. The Morgan fingerprint density at radius 2 is 1.91 bits per heavy atom. The van der Waals surface area contributed by atoms with Crippen molar-refractivity contribution in [2.75, 3.05) is 13.1 Å². The topological polar surface area (TPSA) is 108 Å². The van der Waals surface area contributed by atoms with Gasteiger partial charge in [-0.25, -0.2) is 9.59 Å². The van der Waals surface area contributed by atoms with E-state index in [1.807, 2.05) is 6.92 Å². The number of rotatable bonds is 4. The number of carbonyl (C=O) groups excluding carboxylic acids is 4. The van der Waals surface area contributed by atoms with Crippen molar-refractivity contribution in [3.63, 3.8) is 0 Å². The molecule has 1 saturated carbocycles. The largest absolute Gasteiger partial charge is 0.338 e. The van der Waals surface area contributed by atoms with E-state index in [4.69, 9.17) is 0 Å². The minimum absolute atomic E-state index is 0.360. The lowest BCUT2D eigenvalue weighted by atomic mass is 9.82. The van der Waals surface area contributed by atoms with Crippen LogP contribution in [-0.4, -0.2) is 47.4 Å². The molecular formula is C14H22N4O4. The number of nitrogens with one attached hydrogen (secondary N) is 3. The summed E-state index contributed by atoms with van der Waals surface area (Å²) < 4.78 is 0. The van der Waals surface area contributed by atoms with Gasteiger partial charge >= 0.3 is 12.1 Å². The molecule has 8 nitrogen and oxygen atoms in total. The van der Waals surface area contributed by atoms with E-state index in [2.05, 4.69) is 16.0 Å². The first kappa shape index (κ1) is 16.3. The molecule has 0 aromatic heterocycles. The third-order valence-corrected chi connectivity index (χ3v) is 4.04. The van der Waals surface area contributed by atoms with Crippen molar-refractivity contribution in [1.82, 2.24) is 20.9 Å². The predicted molar refractivity (Wildman–Crippen MR) is 77.9 cm³/mol. The van der Waals surface area contributed by atoms with Gasteiger partial charge in [0.15, 0.2) is 0 Å². The molecule has 22 heavy (non-hydrogen) atoms. The predicted octanol–water partition coefficient (Wildman–Crippen LogP) is 0.477. The zero-order valence-electron chi connectivity index (χ0n) is 12.7. The van der Waals surface area contributed by atoms with Gasteiger partial charge in [0.05, 0.1) is 0 Å². The van der Waals surface area contributed by atoms with Gasteiger partial charge in [-0.15, -0.1) is 0 Å². The number of carbonyl (C=O) groups is 4. The summed E-state index contributed by atoms with van der Waals surface area (Å²) in [5.74, 6) is -1.04. The van der Waals surface area contributed by atoms with E-state index < -0.39 is 30.1 Å². The molecule has 0 unspecified atom stereocenters. The molecule has 1 saturated heterocycles. The standard InChI is InChI=1S/C14H22N4O4/c1-2-8-15-12(21)16-10(19)9-18-11(20)14(17-13(18)22)6-4-3-5-7-14/h2-9H2,1H3,(H,17,22)(H2,15,16,19,21). The van der Waals surface area contributed by atoms with Crippen molar-refractivity contribution in [1.29, 1.82) is 0 Å².